The average molecular weight is 441 g/mol. The summed E-state index contributed by atoms with van der Waals surface area (Å²) < 4.78 is 59.2. The fourth-order valence-electron chi connectivity index (χ4n) is 3.41. The summed E-state index contributed by atoms with van der Waals surface area (Å²) >= 11 is 1.16. The molecule has 1 fully saturated rings. The van der Waals surface area contributed by atoms with E-state index in [2.05, 4.69) is 20.3 Å². The number of benzene rings is 1. The fourth-order valence-corrected chi connectivity index (χ4v) is 4.42. The molecule has 3 atom stereocenters. The molecule has 0 bridgehead atoms. The zero-order valence-electron chi connectivity index (χ0n) is 15.2. The summed E-state index contributed by atoms with van der Waals surface area (Å²) in [6, 6.07) is 3.74. The second-order valence-electron chi connectivity index (χ2n) is 6.73. The third-order valence-electron chi connectivity index (χ3n) is 4.93. The van der Waals surface area contributed by atoms with Gasteiger partial charge in [-0.05, 0) is 18.2 Å². The van der Waals surface area contributed by atoms with Crippen molar-refractivity contribution in [3.63, 3.8) is 0 Å². The number of fused-ring (bicyclic) bond motifs is 1. The number of amidine groups is 1. The van der Waals surface area contributed by atoms with Gasteiger partial charge in [-0.15, -0.1) is 0 Å². The Balaban J connectivity index is 1.64. The highest BCUT2D eigenvalue weighted by Gasteiger charge is 2.54. The number of nitrogens with zero attached hydrogens (tertiary/aromatic N) is 3. The Morgan fingerprint density at radius 2 is 2.13 bits per heavy atom. The Labute approximate surface area is 172 Å². The molecule has 30 heavy (non-hydrogen) atoms. The second-order valence-corrected chi connectivity index (χ2v) is 7.77. The fraction of sp³-hybridized carbons (Fsp3) is 0.333. The van der Waals surface area contributed by atoms with Crippen molar-refractivity contribution in [2.45, 2.75) is 18.3 Å². The van der Waals surface area contributed by atoms with Crippen LogP contribution in [-0.4, -0.2) is 39.8 Å². The third-order valence-corrected chi connectivity index (χ3v) is 5.84. The number of carbonyl (C=O) groups excluding carboxylic acids is 1. The number of anilines is 1. The van der Waals surface area contributed by atoms with Crippen molar-refractivity contribution >= 4 is 28.5 Å². The van der Waals surface area contributed by atoms with Crippen molar-refractivity contribution in [2.75, 3.05) is 17.7 Å². The van der Waals surface area contributed by atoms with Gasteiger partial charge in [-0.2, -0.15) is 0 Å². The number of hydrogen-bond donors (Lipinski definition) is 2. The summed E-state index contributed by atoms with van der Waals surface area (Å²) in [6.07, 6.45) is -2.72. The maximum absolute atomic E-state index is 14.7. The van der Waals surface area contributed by atoms with E-state index in [1.807, 2.05) is 0 Å². The summed E-state index contributed by atoms with van der Waals surface area (Å²) in [7, 11) is 0. The lowest BCUT2D eigenvalue weighted by atomic mass is 9.81. The van der Waals surface area contributed by atoms with E-state index in [1.165, 1.54) is 12.1 Å². The number of carbonyl (C=O) groups is 1. The molecule has 0 aliphatic carbocycles. The van der Waals surface area contributed by atoms with Crippen LogP contribution in [0.4, 0.5) is 23.2 Å². The molecule has 1 aromatic heterocycles. The number of hydrogen-bond acceptors (Lipinski definition) is 7. The van der Waals surface area contributed by atoms with E-state index in [-0.39, 0.29) is 34.5 Å². The van der Waals surface area contributed by atoms with Crippen LogP contribution in [0.1, 0.15) is 28.2 Å². The van der Waals surface area contributed by atoms with Crippen LogP contribution in [0.2, 0.25) is 0 Å². The first-order chi connectivity index (χ1) is 14.3. The second kappa shape index (κ2) is 7.84. The smallest absolute Gasteiger partial charge is 0.281 e. The number of halogens is 4. The number of aromatic nitrogens is 2. The molecule has 0 spiro atoms. The van der Waals surface area contributed by atoms with Gasteiger partial charge in [0.15, 0.2) is 5.17 Å². The van der Waals surface area contributed by atoms with Crippen LogP contribution in [0.3, 0.4) is 0 Å². The summed E-state index contributed by atoms with van der Waals surface area (Å²) in [4.78, 5) is 23.8. The minimum atomic E-state index is -2.81. The van der Waals surface area contributed by atoms with Crippen LogP contribution in [0.5, 0.6) is 0 Å². The maximum Gasteiger partial charge on any atom is 0.281 e. The summed E-state index contributed by atoms with van der Waals surface area (Å²) in [5.74, 6) is -1.87. The van der Waals surface area contributed by atoms with Crippen molar-refractivity contribution in [3.8, 4) is 0 Å². The summed E-state index contributed by atoms with van der Waals surface area (Å²) in [5.41, 5.74) is 3.91. The van der Waals surface area contributed by atoms with Gasteiger partial charge >= 0.3 is 0 Å². The highest BCUT2D eigenvalue weighted by atomic mass is 32.2. The lowest BCUT2D eigenvalue weighted by Gasteiger charge is -2.34. The van der Waals surface area contributed by atoms with Gasteiger partial charge in [-0.1, -0.05) is 11.8 Å². The Bertz CT molecular complexity index is 1010. The van der Waals surface area contributed by atoms with Gasteiger partial charge in [-0.3, -0.25) is 9.78 Å². The van der Waals surface area contributed by atoms with Crippen molar-refractivity contribution in [1.29, 1.82) is 0 Å². The molecule has 2 aliphatic rings. The van der Waals surface area contributed by atoms with E-state index >= 15 is 0 Å². The number of nitrogens with two attached hydrogens (primary N) is 1. The number of rotatable bonds is 4. The van der Waals surface area contributed by atoms with Crippen molar-refractivity contribution in [3.05, 3.63) is 53.4 Å². The molecule has 3 N–H and O–H groups in total. The normalized spacial score (nSPS) is 25.7. The molecule has 0 saturated carbocycles. The van der Waals surface area contributed by atoms with Gasteiger partial charge in [0.2, 0.25) is 6.36 Å². The largest absolute Gasteiger partial charge is 0.379 e. The van der Waals surface area contributed by atoms with E-state index in [4.69, 9.17) is 10.5 Å². The monoisotopic (exact) mass is 441 g/mol. The van der Waals surface area contributed by atoms with Crippen LogP contribution in [0.25, 0.3) is 0 Å². The van der Waals surface area contributed by atoms with E-state index < -0.39 is 41.7 Å². The molecule has 2 aromatic rings. The third kappa shape index (κ3) is 3.60. The summed E-state index contributed by atoms with van der Waals surface area (Å²) in [6.45, 7) is -0.199. The number of ether oxygens (including phenoxy) is 1. The Morgan fingerprint density at radius 1 is 1.33 bits per heavy atom. The molecule has 4 rings (SSSR count). The van der Waals surface area contributed by atoms with E-state index in [0.717, 1.165) is 30.2 Å². The van der Waals surface area contributed by atoms with Gasteiger partial charge in [0.25, 0.3) is 12.3 Å². The van der Waals surface area contributed by atoms with Crippen LogP contribution in [-0.2, 0) is 10.3 Å². The SMILES string of the molecule is NC1=N[C@@]2(c3cc(NC(=O)c4cnc(C(F)F)cn4)ccc3F)COC(F)[C@H]2CS1. The maximum atomic E-state index is 14.7. The number of nitrogens with one attached hydrogen (secondary N) is 1. The molecular weight excluding hydrogens is 426 g/mol. The van der Waals surface area contributed by atoms with E-state index in [1.54, 1.807) is 0 Å². The standard InChI is InChI=1S/C18H15F4N5O2S/c19-11-2-1-8(26-16(28)13-5-24-12(4-25-13)14(20)21)3-9(11)18-7-29-15(22)10(18)6-30-17(23)27-18/h1-5,10,14-15H,6-7H2,(H2,23,27)(H,26,28)/t10-,15?,18-/m1/s1. The molecule has 1 saturated heterocycles. The molecule has 3 heterocycles. The number of alkyl halides is 3. The number of amides is 1. The molecular formula is C18H15F4N5O2S. The van der Waals surface area contributed by atoms with E-state index in [9.17, 15) is 22.4 Å². The van der Waals surface area contributed by atoms with Gasteiger partial charge in [0, 0.05) is 17.0 Å². The summed E-state index contributed by atoms with van der Waals surface area (Å²) in [5, 5.41) is 2.68. The quantitative estimate of drug-likeness (QED) is 0.708. The topological polar surface area (TPSA) is 102 Å². The Kier molecular flexibility index (Phi) is 5.36. The zero-order valence-corrected chi connectivity index (χ0v) is 16.0. The molecule has 1 unspecified atom stereocenters. The predicted octanol–water partition coefficient (Wildman–Crippen LogP) is 3.00. The van der Waals surface area contributed by atoms with E-state index in [0.29, 0.717) is 0 Å². The highest BCUT2D eigenvalue weighted by molar-refractivity contribution is 8.13. The van der Waals surface area contributed by atoms with Crippen molar-refractivity contribution in [2.24, 2.45) is 16.6 Å². The molecule has 2 aliphatic heterocycles. The minimum absolute atomic E-state index is 0.0350. The first-order valence-electron chi connectivity index (χ1n) is 8.75. The van der Waals surface area contributed by atoms with Gasteiger partial charge in [0.05, 0.1) is 24.9 Å². The highest BCUT2D eigenvalue weighted by Crippen LogP contribution is 2.48. The Morgan fingerprint density at radius 3 is 2.83 bits per heavy atom. The van der Waals surface area contributed by atoms with Crippen LogP contribution < -0.4 is 11.1 Å². The molecule has 158 valence electrons. The minimum Gasteiger partial charge on any atom is -0.379 e. The van der Waals surface area contributed by atoms with Gasteiger partial charge in [0.1, 0.15) is 22.7 Å². The average Bonchev–Trinajstić information content (AvgIpc) is 3.06. The lowest BCUT2D eigenvalue weighted by Crippen LogP contribution is -2.41. The first kappa shape index (κ1) is 20.5. The van der Waals surface area contributed by atoms with Crippen LogP contribution in [0, 0.1) is 11.7 Å². The molecule has 0 radical (unpaired) electrons. The van der Waals surface area contributed by atoms with Crippen LogP contribution in [0.15, 0.2) is 35.6 Å². The Hall–Kier alpha value is -2.73. The molecule has 1 amide bonds. The van der Waals surface area contributed by atoms with Crippen molar-refractivity contribution < 1.29 is 27.1 Å². The number of thioether (sulfide) groups is 1. The zero-order chi connectivity index (χ0) is 21.5. The predicted molar refractivity (Wildman–Crippen MR) is 101 cm³/mol. The molecule has 1 aromatic carbocycles. The van der Waals surface area contributed by atoms with Gasteiger partial charge in [-0.25, -0.2) is 27.5 Å². The van der Waals surface area contributed by atoms with Crippen LogP contribution >= 0.6 is 11.8 Å². The van der Waals surface area contributed by atoms with Crippen molar-refractivity contribution in [1.82, 2.24) is 9.97 Å². The molecule has 7 nitrogen and oxygen atoms in total. The van der Waals surface area contributed by atoms with Gasteiger partial charge < -0.3 is 15.8 Å². The first-order valence-corrected chi connectivity index (χ1v) is 9.74. The number of aliphatic imine (C=N–C) groups is 1. The molecule has 12 heteroatoms. The lowest BCUT2D eigenvalue weighted by molar-refractivity contribution is -0.00964.